The molecule has 2 rings (SSSR count). The number of hydrogen-bond acceptors (Lipinski definition) is 4. The summed E-state index contributed by atoms with van der Waals surface area (Å²) in [5, 5.41) is 3.15. The van der Waals surface area contributed by atoms with Gasteiger partial charge in [0.15, 0.2) is 6.29 Å². The SMILES string of the molecule is O=Cc1cccnc1SCC(=O)Nc1ccc(F)cc1. The van der Waals surface area contributed by atoms with E-state index in [1.54, 1.807) is 18.3 Å². The molecule has 0 radical (unpaired) electrons. The van der Waals surface area contributed by atoms with Crippen molar-refractivity contribution in [3.05, 3.63) is 54.0 Å². The molecule has 0 aliphatic rings. The normalized spacial score (nSPS) is 10.1. The largest absolute Gasteiger partial charge is 0.325 e. The number of benzene rings is 1. The first-order valence-corrected chi connectivity index (χ1v) is 6.76. The summed E-state index contributed by atoms with van der Waals surface area (Å²) in [4.78, 5) is 26.6. The summed E-state index contributed by atoms with van der Waals surface area (Å²) in [7, 11) is 0. The minimum absolute atomic E-state index is 0.120. The number of anilines is 1. The Balaban J connectivity index is 1.92. The molecule has 1 aromatic heterocycles. The van der Waals surface area contributed by atoms with Crippen LogP contribution in [0, 0.1) is 5.82 Å². The van der Waals surface area contributed by atoms with E-state index in [0.29, 0.717) is 22.6 Å². The predicted molar refractivity (Wildman–Crippen MR) is 75.4 cm³/mol. The van der Waals surface area contributed by atoms with Gasteiger partial charge in [0.1, 0.15) is 10.8 Å². The Morgan fingerprint density at radius 2 is 2.05 bits per heavy atom. The molecular formula is C14H11FN2O2S. The molecule has 0 aliphatic carbocycles. The smallest absolute Gasteiger partial charge is 0.234 e. The van der Waals surface area contributed by atoms with Crippen molar-refractivity contribution in [3.63, 3.8) is 0 Å². The molecular weight excluding hydrogens is 279 g/mol. The summed E-state index contributed by atoms with van der Waals surface area (Å²) in [6, 6.07) is 8.80. The number of carbonyl (C=O) groups is 2. The Hall–Kier alpha value is -2.21. The van der Waals surface area contributed by atoms with Crippen LogP contribution < -0.4 is 5.32 Å². The fourth-order valence-corrected chi connectivity index (χ4v) is 2.24. The highest BCUT2D eigenvalue weighted by Gasteiger charge is 2.07. The molecule has 0 bridgehead atoms. The van der Waals surface area contributed by atoms with Gasteiger partial charge in [-0.05, 0) is 36.4 Å². The highest BCUT2D eigenvalue weighted by molar-refractivity contribution is 8.00. The summed E-state index contributed by atoms with van der Waals surface area (Å²) in [6.07, 6.45) is 2.26. The zero-order valence-corrected chi connectivity index (χ0v) is 11.2. The number of aromatic nitrogens is 1. The molecule has 1 heterocycles. The van der Waals surface area contributed by atoms with Crippen LogP contribution in [0.25, 0.3) is 0 Å². The molecule has 4 nitrogen and oxygen atoms in total. The molecule has 1 amide bonds. The quantitative estimate of drug-likeness (QED) is 0.679. The van der Waals surface area contributed by atoms with Crippen molar-refractivity contribution in [1.29, 1.82) is 0 Å². The first kappa shape index (κ1) is 14.2. The molecule has 6 heteroatoms. The Morgan fingerprint density at radius 1 is 1.30 bits per heavy atom. The van der Waals surface area contributed by atoms with Crippen molar-refractivity contribution < 1.29 is 14.0 Å². The first-order chi connectivity index (χ1) is 9.69. The van der Waals surface area contributed by atoms with Crippen LogP contribution >= 0.6 is 11.8 Å². The maximum atomic E-state index is 12.7. The van der Waals surface area contributed by atoms with Crippen molar-refractivity contribution in [2.45, 2.75) is 5.03 Å². The lowest BCUT2D eigenvalue weighted by Crippen LogP contribution is -2.14. The monoisotopic (exact) mass is 290 g/mol. The average molecular weight is 290 g/mol. The van der Waals surface area contributed by atoms with Crippen LogP contribution in [0.1, 0.15) is 10.4 Å². The number of aldehydes is 1. The van der Waals surface area contributed by atoms with E-state index in [2.05, 4.69) is 10.3 Å². The lowest BCUT2D eigenvalue weighted by Gasteiger charge is -2.05. The second-order valence-electron chi connectivity index (χ2n) is 3.86. The van der Waals surface area contributed by atoms with Crippen molar-refractivity contribution in [2.24, 2.45) is 0 Å². The van der Waals surface area contributed by atoms with Crippen molar-refractivity contribution in [2.75, 3.05) is 11.1 Å². The van der Waals surface area contributed by atoms with Crippen LogP contribution in [-0.4, -0.2) is 22.9 Å². The van der Waals surface area contributed by atoms with Gasteiger partial charge in [0, 0.05) is 17.4 Å². The van der Waals surface area contributed by atoms with Crippen LogP contribution in [0.5, 0.6) is 0 Å². The fraction of sp³-hybridized carbons (Fsp3) is 0.0714. The van der Waals surface area contributed by atoms with E-state index in [9.17, 15) is 14.0 Å². The molecule has 0 unspecified atom stereocenters. The predicted octanol–water partition coefficient (Wildman–Crippen LogP) is 2.76. The average Bonchev–Trinajstić information content (AvgIpc) is 2.48. The topological polar surface area (TPSA) is 59.1 Å². The van der Waals surface area contributed by atoms with E-state index in [-0.39, 0.29) is 17.5 Å². The maximum absolute atomic E-state index is 12.7. The van der Waals surface area contributed by atoms with E-state index in [0.717, 1.165) is 0 Å². The number of halogens is 1. The Bertz CT molecular complexity index is 617. The van der Waals surface area contributed by atoms with Gasteiger partial charge in [0.25, 0.3) is 0 Å². The highest BCUT2D eigenvalue weighted by atomic mass is 32.2. The summed E-state index contributed by atoms with van der Waals surface area (Å²) in [5.41, 5.74) is 0.973. The first-order valence-electron chi connectivity index (χ1n) is 5.77. The number of rotatable bonds is 5. The van der Waals surface area contributed by atoms with Gasteiger partial charge in [-0.15, -0.1) is 0 Å². The van der Waals surface area contributed by atoms with Gasteiger partial charge in [-0.25, -0.2) is 9.37 Å². The minimum atomic E-state index is -0.360. The number of carbonyl (C=O) groups excluding carboxylic acids is 2. The second kappa shape index (κ2) is 6.81. The van der Waals surface area contributed by atoms with Crippen molar-refractivity contribution in [1.82, 2.24) is 4.98 Å². The third kappa shape index (κ3) is 3.89. The maximum Gasteiger partial charge on any atom is 0.234 e. The van der Waals surface area contributed by atoms with Crippen LogP contribution in [0.15, 0.2) is 47.6 Å². The standard InChI is InChI=1S/C14H11FN2O2S/c15-11-3-5-12(6-4-11)17-13(19)9-20-14-10(8-18)2-1-7-16-14/h1-8H,9H2,(H,17,19). The van der Waals surface area contributed by atoms with E-state index in [1.807, 2.05) is 0 Å². The number of nitrogens with zero attached hydrogens (tertiary/aromatic N) is 1. The molecule has 1 N–H and O–H groups in total. The molecule has 0 saturated heterocycles. The fourth-order valence-electron chi connectivity index (χ4n) is 1.48. The van der Waals surface area contributed by atoms with Crippen LogP contribution in [-0.2, 0) is 4.79 Å². The summed E-state index contributed by atoms with van der Waals surface area (Å²) in [6.45, 7) is 0. The molecule has 2 aromatic rings. The van der Waals surface area contributed by atoms with Gasteiger partial charge in [-0.2, -0.15) is 0 Å². The minimum Gasteiger partial charge on any atom is -0.325 e. The summed E-state index contributed by atoms with van der Waals surface area (Å²) >= 11 is 1.17. The molecule has 0 aliphatic heterocycles. The third-order valence-electron chi connectivity index (χ3n) is 2.40. The molecule has 0 spiro atoms. The van der Waals surface area contributed by atoms with Gasteiger partial charge in [-0.3, -0.25) is 9.59 Å². The van der Waals surface area contributed by atoms with Crippen molar-refractivity contribution in [3.8, 4) is 0 Å². The van der Waals surface area contributed by atoms with E-state index < -0.39 is 0 Å². The number of hydrogen-bond donors (Lipinski definition) is 1. The molecule has 102 valence electrons. The van der Waals surface area contributed by atoms with Gasteiger partial charge in [0.2, 0.25) is 5.91 Å². The third-order valence-corrected chi connectivity index (χ3v) is 3.42. The summed E-state index contributed by atoms with van der Waals surface area (Å²) in [5.74, 6) is -0.486. The molecule has 20 heavy (non-hydrogen) atoms. The van der Waals surface area contributed by atoms with Gasteiger partial charge < -0.3 is 5.32 Å². The number of pyridine rings is 1. The zero-order chi connectivity index (χ0) is 14.4. The van der Waals surface area contributed by atoms with Gasteiger partial charge in [0.05, 0.1) is 5.75 Å². The van der Waals surface area contributed by atoms with E-state index in [1.165, 1.54) is 36.0 Å². The van der Waals surface area contributed by atoms with Gasteiger partial charge >= 0.3 is 0 Å². The molecule has 0 atom stereocenters. The van der Waals surface area contributed by atoms with Crippen LogP contribution in [0.2, 0.25) is 0 Å². The van der Waals surface area contributed by atoms with Crippen molar-refractivity contribution >= 4 is 29.6 Å². The second-order valence-corrected chi connectivity index (χ2v) is 4.82. The lowest BCUT2D eigenvalue weighted by molar-refractivity contribution is -0.113. The molecule has 0 saturated carbocycles. The van der Waals surface area contributed by atoms with Crippen LogP contribution in [0.3, 0.4) is 0 Å². The van der Waals surface area contributed by atoms with Gasteiger partial charge in [-0.1, -0.05) is 11.8 Å². The lowest BCUT2D eigenvalue weighted by atomic mass is 10.3. The molecule has 0 fully saturated rings. The van der Waals surface area contributed by atoms with Crippen LogP contribution in [0.4, 0.5) is 10.1 Å². The molecule has 1 aromatic carbocycles. The van der Waals surface area contributed by atoms with E-state index in [4.69, 9.17) is 0 Å². The highest BCUT2D eigenvalue weighted by Crippen LogP contribution is 2.19. The number of nitrogens with one attached hydrogen (secondary N) is 1. The number of thioether (sulfide) groups is 1. The number of amides is 1. The van der Waals surface area contributed by atoms with E-state index >= 15 is 0 Å². The Morgan fingerprint density at radius 3 is 2.75 bits per heavy atom. The Labute approximate surface area is 119 Å². The zero-order valence-electron chi connectivity index (χ0n) is 10.4. The Kier molecular flexibility index (Phi) is 4.84. The summed E-state index contributed by atoms with van der Waals surface area (Å²) < 4.78 is 12.7.